The number of anilines is 1. The molecule has 0 saturated carbocycles. The summed E-state index contributed by atoms with van der Waals surface area (Å²) in [6, 6.07) is 4.51. The van der Waals surface area contributed by atoms with Crippen molar-refractivity contribution >= 4 is 11.7 Å². The van der Waals surface area contributed by atoms with Gasteiger partial charge in [-0.1, -0.05) is 19.9 Å². The Bertz CT molecular complexity index is 503. The van der Waals surface area contributed by atoms with Gasteiger partial charge in [0, 0.05) is 44.5 Å². The predicted octanol–water partition coefficient (Wildman–Crippen LogP) is 1.54. The lowest BCUT2D eigenvalue weighted by Crippen LogP contribution is -2.39. The average molecular weight is 290 g/mol. The van der Waals surface area contributed by atoms with E-state index in [1.807, 2.05) is 19.2 Å². The summed E-state index contributed by atoms with van der Waals surface area (Å²) in [6.07, 6.45) is 2.68. The molecule has 116 valence electrons. The third kappa shape index (κ3) is 3.53. The van der Waals surface area contributed by atoms with Crippen LogP contribution >= 0.6 is 0 Å². The average Bonchev–Trinajstić information content (AvgIpc) is 2.88. The summed E-state index contributed by atoms with van der Waals surface area (Å²) in [7, 11) is 1.70. The Morgan fingerprint density at radius 2 is 2.29 bits per heavy atom. The first-order valence-corrected chi connectivity index (χ1v) is 7.60. The van der Waals surface area contributed by atoms with Crippen molar-refractivity contribution in [2.45, 2.75) is 39.8 Å². The van der Waals surface area contributed by atoms with Gasteiger partial charge in [-0.05, 0) is 19.4 Å². The minimum absolute atomic E-state index is 0.114. The van der Waals surface area contributed by atoms with E-state index >= 15 is 0 Å². The lowest BCUT2D eigenvalue weighted by atomic mass is 9.89. The Kier molecular flexibility index (Phi) is 4.83. The third-order valence-electron chi connectivity index (χ3n) is 4.12. The smallest absolute Gasteiger partial charge is 0.227 e. The molecule has 1 saturated heterocycles. The summed E-state index contributed by atoms with van der Waals surface area (Å²) >= 11 is 0. The summed E-state index contributed by atoms with van der Waals surface area (Å²) in [5.74, 6) is 1.11. The van der Waals surface area contributed by atoms with Gasteiger partial charge in [-0.2, -0.15) is 0 Å². The highest BCUT2D eigenvalue weighted by Crippen LogP contribution is 2.33. The number of nitrogens with zero attached hydrogens (tertiary/aromatic N) is 2. The highest BCUT2D eigenvalue weighted by molar-refractivity contribution is 5.83. The van der Waals surface area contributed by atoms with Crippen molar-refractivity contribution in [1.82, 2.24) is 15.6 Å². The molecule has 0 bridgehead atoms. The SMILES string of the molecule is CNC(=O)C1(C)CCN(c2ncccc2CNC(C)C)C1. The normalized spacial score (nSPS) is 21.9. The highest BCUT2D eigenvalue weighted by Gasteiger charge is 2.40. The van der Waals surface area contributed by atoms with E-state index in [1.54, 1.807) is 7.05 Å². The maximum Gasteiger partial charge on any atom is 0.227 e. The van der Waals surface area contributed by atoms with Crippen molar-refractivity contribution in [3.8, 4) is 0 Å². The van der Waals surface area contributed by atoms with Crippen molar-refractivity contribution in [3.05, 3.63) is 23.9 Å². The van der Waals surface area contributed by atoms with E-state index in [-0.39, 0.29) is 11.3 Å². The second-order valence-corrected chi connectivity index (χ2v) is 6.33. The summed E-state index contributed by atoms with van der Waals surface area (Å²) in [5, 5.41) is 6.21. The molecule has 5 nitrogen and oxygen atoms in total. The van der Waals surface area contributed by atoms with Crippen LogP contribution in [0.4, 0.5) is 5.82 Å². The Balaban J connectivity index is 2.14. The second-order valence-electron chi connectivity index (χ2n) is 6.33. The molecule has 1 aromatic heterocycles. The maximum absolute atomic E-state index is 12.0. The molecule has 1 amide bonds. The number of amides is 1. The number of nitrogens with one attached hydrogen (secondary N) is 2. The van der Waals surface area contributed by atoms with Gasteiger partial charge >= 0.3 is 0 Å². The van der Waals surface area contributed by atoms with E-state index in [0.717, 1.165) is 31.9 Å². The first-order valence-electron chi connectivity index (χ1n) is 7.60. The summed E-state index contributed by atoms with van der Waals surface area (Å²) < 4.78 is 0. The first kappa shape index (κ1) is 15.8. The van der Waals surface area contributed by atoms with Gasteiger partial charge in [0.2, 0.25) is 5.91 Å². The van der Waals surface area contributed by atoms with Crippen molar-refractivity contribution in [3.63, 3.8) is 0 Å². The standard InChI is InChI=1S/C16H26N4O/c1-12(2)19-10-13-6-5-8-18-14(13)20-9-7-16(3,11-20)15(21)17-4/h5-6,8,12,19H,7,9-11H2,1-4H3,(H,17,21). The number of hydrogen-bond donors (Lipinski definition) is 2. The van der Waals surface area contributed by atoms with Gasteiger partial charge in [-0.3, -0.25) is 4.79 Å². The molecule has 1 unspecified atom stereocenters. The molecule has 2 N–H and O–H groups in total. The van der Waals surface area contributed by atoms with Crippen molar-refractivity contribution in [2.75, 3.05) is 25.0 Å². The number of hydrogen-bond acceptors (Lipinski definition) is 4. The van der Waals surface area contributed by atoms with Crippen LogP contribution in [0.2, 0.25) is 0 Å². The van der Waals surface area contributed by atoms with Gasteiger partial charge < -0.3 is 15.5 Å². The molecule has 0 aliphatic carbocycles. The molecule has 0 spiro atoms. The zero-order valence-electron chi connectivity index (χ0n) is 13.4. The van der Waals surface area contributed by atoms with E-state index in [4.69, 9.17) is 0 Å². The quantitative estimate of drug-likeness (QED) is 0.864. The second kappa shape index (κ2) is 6.43. The van der Waals surface area contributed by atoms with Crippen LogP contribution in [-0.4, -0.2) is 37.1 Å². The van der Waals surface area contributed by atoms with Crippen molar-refractivity contribution in [1.29, 1.82) is 0 Å². The van der Waals surface area contributed by atoms with Crippen molar-refractivity contribution in [2.24, 2.45) is 5.41 Å². The lowest BCUT2D eigenvalue weighted by molar-refractivity contribution is -0.128. The van der Waals surface area contributed by atoms with Crippen LogP contribution in [0.5, 0.6) is 0 Å². The lowest BCUT2D eigenvalue weighted by Gasteiger charge is -2.25. The number of aromatic nitrogens is 1. The number of carbonyl (C=O) groups excluding carboxylic acids is 1. The van der Waals surface area contributed by atoms with Crippen LogP contribution in [0.3, 0.4) is 0 Å². The molecule has 0 radical (unpaired) electrons. The topological polar surface area (TPSA) is 57.3 Å². The minimum Gasteiger partial charge on any atom is -0.359 e. The highest BCUT2D eigenvalue weighted by atomic mass is 16.2. The Labute approximate surface area is 127 Å². The fraction of sp³-hybridized carbons (Fsp3) is 0.625. The van der Waals surface area contributed by atoms with E-state index in [9.17, 15) is 4.79 Å². The molecular weight excluding hydrogens is 264 g/mol. The third-order valence-corrected chi connectivity index (χ3v) is 4.12. The van der Waals surface area contributed by atoms with E-state index < -0.39 is 0 Å². The van der Waals surface area contributed by atoms with Gasteiger partial charge in [0.25, 0.3) is 0 Å². The molecule has 1 fully saturated rings. The summed E-state index contributed by atoms with van der Waals surface area (Å²) in [4.78, 5) is 18.8. The van der Waals surface area contributed by atoms with Gasteiger partial charge in [0.15, 0.2) is 0 Å². The maximum atomic E-state index is 12.0. The molecule has 21 heavy (non-hydrogen) atoms. The Morgan fingerprint density at radius 1 is 1.52 bits per heavy atom. The molecule has 1 aromatic rings. The Morgan fingerprint density at radius 3 is 2.95 bits per heavy atom. The molecule has 1 aliphatic heterocycles. The van der Waals surface area contributed by atoms with Crippen LogP contribution in [0.25, 0.3) is 0 Å². The minimum atomic E-state index is -0.324. The number of pyridine rings is 1. The van der Waals surface area contributed by atoms with Crippen LogP contribution < -0.4 is 15.5 Å². The van der Waals surface area contributed by atoms with Gasteiger partial charge in [0.1, 0.15) is 5.82 Å². The van der Waals surface area contributed by atoms with Gasteiger partial charge in [-0.25, -0.2) is 4.98 Å². The molecule has 2 rings (SSSR count). The fourth-order valence-corrected chi connectivity index (χ4v) is 2.80. The summed E-state index contributed by atoms with van der Waals surface area (Å²) in [5.41, 5.74) is 0.863. The molecule has 1 atom stereocenters. The predicted molar refractivity (Wildman–Crippen MR) is 85.2 cm³/mol. The van der Waals surface area contributed by atoms with E-state index in [0.29, 0.717) is 6.04 Å². The van der Waals surface area contributed by atoms with E-state index in [1.165, 1.54) is 5.56 Å². The van der Waals surface area contributed by atoms with Gasteiger partial charge in [0.05, 0.1) is 5.41 Å². The Hall–Kier alpha value is -1.62. The first-order chi connectivity index (χ1) is 9.96. The zero-order valence-corrected chi connectivity index (χ0v) is 13.4. The molecular formula is C16H26N4O. The van der Waals surface area contributed by atoms with Crippen LogP contribution in [-0.2, 0) is 11.3 Å². The summed E-state index contributed by atoms with van der Waals surface area (Å²) in [6.45, 7) is 8.69. The van der Waals surface area contributed by atoms with Crippen LogP contribution in [0.15, 0.2) is 18.3 Å². The molecule has 0 aromatic carbocycles. The molecule has 5 heteroatoms. The zero-order chi connectivity index (χ0) is 15.5. The number of rotatable bonds is 5. The largest absolute Gasteiger partial charge is 0.359 e. The molecule has 1 aliphatic rings. The fourth-order valence-electron chi connectivity index (χ4n) is 2.80. The van der Waals surface area contributed by atoms with Gasteiger partial charge in [-0.15, -0.1) is 0 Å². The monoisotopic (exact) mass is 290 g/mol. The molecule has 2 heterocycles. The van der Waals surface area contributed by atoms with Crippen LogP contribution in [0.1, 0.15) is 32.8 Å². The van der Waals surface area contributed by atoms with Crippen LogP contribution in [0, 0.1) is 5.41 Å². The van der Waals surface area contributed by atoms with E-state index in [2.05, 4.69) is 40.4 Å². The number of carbonyl (C=O) groups is 1. The van der Waals surface area contributed by atoms with Crippen molar-refractivity contribution < 1.29 is 4.79 Å².